The van der Waals surface area contributed by atoms with Crippen molar-refractivity contribution in [3.63, 3.8) is 0 Å². The molecule has 162 valence electrons. The zero-order valence-corrected chi connectivity index (χ0v) is 18.2. The van der Waals surface area contributed by atoms with Crippen LogP contribution < -0.4 is 11.1 Å². The number of carbonyl (C=O) groups is 2. The third-order valence-corrected chi connectivity index (χ3v) is 5.88. The SMILES string of the molecule is Cl.N[C@@H]1C[C@H]1c1ccc(NC(=O)c2cc3ccccc3n2CC(=O)c2ccccc2)cc1. The summed E-state index contributed by atoms with van der Waals surface area (Å²) in [5.74, 6) is 0.144. The summed E-state index contributed by atoms with van der Waals surface area (Å²) in [6.45, 7) is 0.0960. The highest BCUT2D eigenvalue weighted by molar-refractivity contribution is 6.07. The van der Waals surface area contributed by atoms with Crippen molar-refractivity contribution < 1.29 is 9.59 Å². The van der Waals surface area contributed by atoms with Gasteiger partial charge < -0.3 is 15.6 Å². The van der Waals surface area contributed by atoms with Gasteiger partial charge in [-0.2, -0.15) is 0 Å². The third kappa shape index (κ3) is 4.31. The van der Waals surface area contributed by atoms with Crippen LogP contribution in [0.15, 0.2) is 84.9 Å². The molecule has 1 aromatic heterocycles. The van der Waals surface area contributed by atoms with Crippen molar-refractivity contribution in [2.45, 2.75) is 24.9 Å². The number of hydrogen-bond donors (Lipinski definition) is 2. The fraction of sp³-hybridized carbons (Fsp3) is 0.154. The van der Waals surface area contributed by atoms with Gasteiger partial charge in [0.15, 0.2) is 5.78 Å². The van der Waals surface area contributed by atoms with Gasteiger partial charge >= 0.3 is 0 Å². The van der Waals surface area contributed by atoms with Crippen molar-refractivity contribution in [2.24, 2.45) is 5.73 Å². The Labute approximate surface area is 192 Å². The maximum atomic E-state index is 13.1. The van der Waals surface area contributed by atoms with E-state index in [0.717, 1.165) is 17.3 Å². The second kappa shape index (κ2) is 8.99. The van der Waals surface area contributed by atoms with E-state index in [2.05, 4.69) is 5.32 Å². The van der Waals surface area contributed by atoms with Gasteiger partial charge in [0.1, 0.15) is 5.69 Å². The van der Waals surface area contributed by atoms with Crippen LogP contribution in [0.3, 0.4) is 0 Å². The Morgan fingerprint density at radius 3 is 2.28 bits per heavy atom. The maximum absolute atomic E-state index is 13.1. The van der Waals surface area contributed by atoms with E-state index in [4.69, 9.17) is 5.73 Å². The maximum Gasteiger partial charge on any atom is 0.272 e. The predicted octanol–water partition coefficient (Wildman–Crippen LogP) is 5.01. The molecule has 1 aliphatic rings. The molecule has 5 nitrogen and oxygen atoms in total. The van der Waals surface area contributed by atoms with Crippen LogP contribution in [0.25, 0.3) is 10.9 Å². The van der Waals surface area contributed by atoms with Gasteiger partial charge in [0.05, 0.1) is 6.54 Å². The van der Waals surface area contributed by atoms with Crippen molar-refractivity contribution in [3.05, 3.63) is 102 Å². The van der Waals surface area contributed by atoms with Gasteiger partial charge in [-0.15, -0.1) is 12.4 Å². The third-order valence-electron chi connectivity index (χ3n) is 5.88. The molecule has 5 rings (SSSR count). The number of aromatic nitrogens is 1. The molecule has 0 saturated heterocycles. The number of hydrogen-bond acceptors (Lipinski definition) is 3. The Bertz CT molecular complexity index is 1270. The molecule has 0 aliphatic heterocycles. The van der Waals surface area contributed by atoms with E-state index in [9.17, 15) is 9.59 Å². The van der Waals surface area contributed by atoms with Crippen LogP contribution in [0.2, 0.25) is 0 Å². The molecule has 2 atom stereocenters. The molecule has 0 bridgehead atoms. The summed E-state index contributed by atoms with van der Waals surface area (Å²) in [5, 5.41) is 3.89. The van der Waals surface area contributed by atoms with Crippen LogP contribution >= 0.6 is 12.4 Å². The summed E-state index contributed by atoms with van der Waals surface area (Å²) in [6, 6.07) is 26.8. The van der Waals surface area contributed by atoms with Crippen LogP contribution in [0, 0.1) is 0 Å². The van der Waals surface area contributed by atoms with Gasteiger partial charge in [-0.25, -0.2) is 0 Å². The number of nitrogens with zero attached hydrogens (tertiary/aromatic N) is 1. The monoisotopic (exact) mass is 445 g/mol. The van der Waals surface area contributed by atoms with Gasteiger partial charge in [-0.05, 0) is 36.2 Å². The second-order valence-electron chi connectivity index (χ2n) is 8.05. The molecule has 0 unspecified atom stereocenters. The minimum atomic E-state index is -0.243. The first-order chi connectivity index (χ1) is 15.1. The van der Waals surface area contributed by atoms with E-state index >= 15 is 0 Å². The standard InChI is InChI=1S/C26H23N3O2.ClH/c27-22-15-21(22)17-10-12-20(13-11-17)28-26(31)24-14-19-8-4-5-9-23(19)29(24)16-25(30)18-6-2-1-3-7-18;/h1-14,21-22H,15-16,27H2,(H,28,31);1H/t21-,22+;/m0./s1. The Morgan fingerprint density at radius 2 is 1.59 bits per heavy atom. The largest absolute Gasteiger partial charge is 0.329 e. The lowest BCUT2D eigenvalue weighted by Gasteiger charge is -2.11. The van der Waals surface area contributed by atoms with Crippen molar-refractivity contribution in [1.29, 1.82) is 0 Å². The number of halogens is 1. The summed E-state index contributed by atoms with van der Waals surface area (Å²) >= 11 is 0. The van der Waals surface area contributed by atoms with Crippen molar-refractivity contribution in [2.75, 3.05) is 5.32 Å². The number of rotatable bonds is 6. The molecule has 3 aromatic carbocycles. The second-order valence-corrected chi connectivity index (χ2v) is 8.05. The van der Waals surface area contributed by atoms with Gasteiger partial charge in [0.2, 0.25) is 0 Å². The quantitative estimate of drug-likeness (QED) is 0.409. The fourth-order valence-electron chi connectivity index (χ4n) is 4.03. The number of carbonyl (C=O) groups excluding carboxylic acids is 2. The Hall–Kier alpha value is -3.41. The van der Waals surface area contributed by atoms with Crippen molar-refractivity contribution in [3.8, 4) is 0 Å². The molecule has 0 radical (unpaired) electrons. The molecule has 1 saturated carbocycles. The van der Waals surface area contributed by atoms with E-state index in [-0.39, 0.29) is 36.7 Å². The number of amides is 1. The number of fused-ring (bicyclic) bond motifs is 1. The highest BCUT2D eigenvalue weighted by atomic mass is 35.5. The number of anilines is 1. The van der Waals surface area contributed by atoms with Crippen LogP contribution in [-0.4, -0.2) is 22.3 Å². The molecule has 1 heterocycles. The lowest BCUT2D eigenvalue weighted by molar-refractivity contribution is 0.0968. The number of nitrogens with one attached hydrogen (secondary N) is 1. The number of para-hydroxylation sites is 1. The molecule has 4 aromatic rings. The molecule has 6 heteroatoms. The fourth-order valence-corrected chi connectivity index (χ4v) is 4.03. The lowest BCUT2D eigenvalue weighted by atomic mass is 10.1. The number of ketones is 1. The molecule has 1 aliphatic carbocycles. The molecule has 1 amide bonds. The Kier molecular flexibility index (Phi) is 6.12. The first-order valence-electron chi connectivity index (χ1n) is 10.4. The van der Waals surface area contributed by atoms with Crippen LogP contribution in [0.4, 0.5) is 5.69 Å². The zero-order chi connectivity index (χ0) is 21.4. The number of Topliss-reactive ketones (excluding diaryl/α,β-unsaturated/α-hetero) is 1. The summed E-state index contributed by atoms with van der Waals surface area (Å²) < 4.78 is 1.79. The molecule has 0 spiro atoms. The molecule has 1 fully saturated rings. The van der Waals surface area contributed by atoms with E-state index in [0.29, 0.717) is 22.9 Å². The van der Waals surface area contributed by atoms with Gasteiger partial charge in [0, 0.05) is 34.1 Å². The number of benzene rings is 3. The Balaban J connectivity index is 0.00000245. The van der Waals surface area contributed by atoms with Crippen molar-refractivity contribution >= 4 is 40.7 Å². The summed E-state index contributed by atoms with van der Waals surface area (Å²) in [4.78, 5) is 26.0. The van der Waals surface area contributed by atoms with Crippen LogP contribution in [0.1, 0.15) is 38.7 Å². The minimum Gasteiger partial charge on any atom is -0.329 e. The Morgan fingerprint density at radius 1 is 0.938 bits per heavy atom. The van der Waals surface area contributed by atoms with E-state index in [1.54, 1.807) is 16.7 Å². The van der Waals surface area contributed by atoms with Gasteiger partial charge in [-0.3, -0.25) is 9.59 Å². The van der Waals surface area contributed by atoms with Gasteiger partial charge in [0.25, 0.3) is 5.91 Å². The van der Waals surface area contributed by atoms with E-state index < -0.39 is 0 Å². The highest BCUT2D eigenvalue weighted by Gasteiger charge is 2.34. The average molecular weight is 446 g/mol. The van der Waals surface area contributed by atoms with Crippen LogP contribution in [-0.2, 0) is 6.54 Å². The summed E-state index contributed by atoms with van der Waals surface area (Å²) in [6.07, 6.45) is 1.02. The van der Waals surface area contributed by atoms with E-state index in [1.807, 2.05) is 72.8 Å². The zero-order valence-electron chi connectivity index (χ0n) is 17.4. The first-order valence-corrected chi connectivity index (χ1v) is 10.4. The summed E-state index contributed by atoms with van der Waals surface area (Å²) in [7, 11) is 0. The smallest absolute Gasteiger partial charge is 0.272 e. The summed E-state index contributed by atoms with van der Waals surface area (Å²) in [5.41, 5.74) is 9.79. The van der Waals surface area contributed by atoms with Crippen LogP contribution in [0.5, 0.6) is 0 Å². The highest BCUT2D eigenvalue weighted by Crippen LogP contribution is 2.39. The molecular weight excluding hydrogens is 422 g/mol. The lowest BCUT2D eigenvalue weighted by Crippen LogP contribution is -2.20. The van der Waals surface area contributed by atoms with Crippen molar-refractivity contribution in [1.82, 2.24) is 4.57 Å². The molecular formula is C26H24ClN3O2. The molecule has 32 heavy (non-hydrogen) atoms. The molecule has 3 N–H and O–H groups in total. The normalized spacial score (nSPS) is 16.9. The average Bonchev–Trinajstić information content (AvgIpc) is 3.42. The minimum absolute atomic E-state index is 0. The van der Waals surface area contributed by atoms with E-state index in [1.165, 1.54) is 5.56 Å². The predicted molar refractivity (Wildman–Crippen MR) is 130 cm³/mol. The topological polar surface area (TPSA) is 77.1 Å². The number of nitrogens with two attached hydrogens (primary N) is 1. The van der Waals surface area contributed by atoms with Gasteiger partial charge in [-0.1, -0.05) is 60.7 Å². The first kappa shape index (κ1) is 21.8.